The van der Waals surface area contributed by atoms with Crippen LogP contribution in [0.25, 0.3) is 10.9 Å². The molecule has 1 aromatic heterocycles. The molecule has 3 aromatic rings. The second-order valence-electron chi connectivity index (χ2n) is 12.5. The molecule has 40 heavy (non-hydrogen) atoms. The lowest BCUT2D eigenvalue weighted by Crippen LogP contribution is -2.61. The van der Waals surface area contributed by atoms with E-state index in [2.05, 4.69) is 36.0 Å². The average molecular weight is 583 g/mol. The molecular formula is C31H37Cl2N5O2. The number of nitrogens with zero attached hydrogens (tertiary/aromatic N) is 4. The van der Waals surface area contributed by atoms with Crippen molar-refractivity contribution in [3.05, 3.63) is 68.7 Å². The highest BCUT2D eigenvalue weighted by atomic mass is 35.5. The van der Waals surface area contributed by atoms with Crippen LogP contribution in [0.5, 0.6) is 0 Å². The molecule has 7 rings (SSSR count). The van der Waals surface area contributed by atoms with Gasteiger partial charge in [0.05, 0.1) is 29.0 Å². The largest absolute Gasteiger partial charge is 0.391 e. The Kier molecular flexibility index (Phi) is 7.34. The summed E-state index contributed by atoms with van der Waals surface area (Å²) in [6, 6.07) is 11.3. The first-order chi connectivity index (χ1) is 19.1. The van der Waals surface area contributed by atoms with E-state index in [-0.39, 0.29) is 11.7 Å². The van der Waals surface area contributed by atoms with Gasteiger partial charge in [0, 0.05) is 35.7 Å². The van der Waals surface area contributed by atoms with Crippen molar-refractivity contribution < 1.29 is 5.11 Å². The lowest BCUT2D eigenvalue weighted by Gasteiger charge is -2.62. The zero-order chi connectivity index (χ0) is 28.2. The summed E-state index contributed by atoms with van der Waals surface area (Å²) in [7, 11) is 0. The van der Waals surface area contributed by atoms with E-state index in [1.165, 1.54) is 6.42 Å². The second kappa shape index (κ2) is 10.7. The van der Waals surface area contributed by atoms with E-state index in [0.717, 1.165) is 48.4 Å². The Bertz CT molecular complexity index is 1520. The Morgan fingerprint density at radius 1 is 1.20 bits per heavy atom. The molecule has 7 nitrogen and oxygen atoms in total. The molecule has 212 valence electrons. The minimum atomic E-state index is -0.345. The minimum Gasteiger partial charge on any atom is -0.391 e. The summed E-state index contributed by atoms with van der Waals surface area (Å²) < 4.78 is 1.62. The number of β-amino-alcohol motifs (C(OH)–C–C–N with tert-alkyl or cyclic N) is 1. The summed E-state index contributed by atoms with van der Waals surface area (Å²) in [6.07, 6.45) is 5.04. The number of aliphatic hydroxyl groups is 1. The highest BCUT2D eigenvalue weighted by Crippen LogP contribution is 2.61. The number of halogens is 2. The van der Waals surface area contributed by atoms with Crippen molar-refractivity contribution >= 4 is 45.8 Å². The monoisotopic (exact) mass is 581 g/mol. The van der Waals surface area contributed by atoms with Crippen LogP contribution in [-0.2, 0) is 13.0 Å². The van der Waals surface area contributed by atoms with E-state index in [9.17, 15) is 9.90 Å². The first-order valence-electron chi connectivity index (χ1n) is 14.3. The molecule has 2 aromatic carbocycles. The Morgan fingerprint density at radius 2 is 2.02 bits per heavy atom. The molecule has 4 aliphatic rings. The van der Waals surface area contributed by atoms with Crippen LogP contribution in [0.1, 0.15) is 45.6 Å². The summed E-state index contributed by atoms with van der Waals surface area (Å²) in [5, 5.41) is 15.8. The number of aromatic nitrogens is 2. The quantitative estimate of drug-likeness (QED) is 0.300. The number of rotatable bonds is 5. The van der Waals surface area contributed by atoms with Gasteiger partial charge in [-0.2, -0.15) is 0 Å². The summed E-state index contributed by atoms with van der Waals surface area (Å²) in [4.78, 5) is 25.0. The zero-order valence-corrected chi connectivity index (χ0v) is 24.8. The third kappa shape index (κ3) is 5.12. The Labute approximate surface area is 245 Å². The van der Waals surface area contributed by atoms with Crippen molar-refractivity contribution in [1.29, 1.82) is 0 Å². The summed E-state index contributed by atoms with van der Waals surface area (Å²) in [5.74, 6) is 2.81. The van der Waals surface area contributed by atoms with Gasteiger partial charge in [0.15, 0.2) is 5.96 Å². The molecule has 1 unspecified atom stereocenters. The van der Waals surface area contributed by atoms with Gasteiger partial charge in [0.2, 0.25) is 0 Å². The summed E-state index contributed by atoms with van der Waals surface area (Å²) in [6.45, 7) is 8.98. The number of hydrogen-bond donors (Lipinski definition) is 2. The van der Waals surface area contributed by atoms with Gasteiger partial charge in [-0.1, -0.05) is 50.0 Å². The predicted octanol–water partition coefficient (Wildman–Crippen LogP) is 5.66. The number of fused-ring (bicyclic) bond motifs is 3. The first-order valence-corrected chi connectivity index (χ1v) is 15.1. The molecule has 0 spiro atoms. The molecular weight excluding hydrogens is 545 g/mol. The Balaban J connectivity index is 1.24. The predicted molar refractivity (Wildman–Crippen MR) is 162 cm³/mol. The van der Waals surface area contributed by atoms with Gasteiger partial charge in [-0.05, 0) is 84.7 Å². The molecule has 4 fully saturated rings. The van der Waals surface area contributed by atoms with E-state index < -0.39 is 0 Å². The SMILES string of the molecule is C[C@H]1C(NC(=Nc2ccc3c(=O)n(CCc4ccc(Cl)cc4Cl)cnc3c2)N2CC[C@H](O)C2)C[C@H]2C[C@H]1C2(C)C. The number of aryl methyl sites for hydroxylation is 2. The van der Waals surface area contributed by atoms with Crippen LogP contribution in [0.15, 0.2) is 52.5 Å². The summed E-state index contributed by atoms with van der Waals surface area (Å²) >= 11 is 12.3. The van der Waals surface area contributed by atoms with Crippen molar-refractivity contribution in [2.75, 3.05) is 13.1 Å². The van der Waals surface area contributed by atoms with Crippen molar-refractivity contribution in [3.63, 3.8) is 0 Å². The average Bonchev–Trinajstić information content (AvgIpc) is 3.35. The normalized spacial score (nSPS) is 27.6. The number of aliphatic hydroxyl groups excluding tert-OH is 1. The number of benzene rings is 2. The van der Waals surface area contributed by atoms with Gasteiger partial charge in [-0.15, -0.1) is 0 Å². The first kappa shape index (κ1) is 27.6. The number of hydrogen-bond acceptors (Lipinski definition) is 4. The number of nitrogens with one attached hydrogen (secondary N) is 1. The molecule has 9 heteroatoms. The molecule has 3 aliphatic carbocycles. The van der Waals surface area contributed by atoms with Crippen molar-refractivity contribution in [1.82, 2.24) is 19.8 Å². The van der Waals surface area contributed by atoms with Crippen LogP contribution >= 0.6 is 23.2 Å². The number of likely N-dealkylation sites (tertiary alicyclic amines) is 1. The molecule has 2 N–H and O–H groups in total. The van der Waals surface area contributed by atoms with Crippen LogP contribution in [0, 0.1) is 23.2 Å². The maximum atomic E-state index is 13.2. The fourth-order valence-corrected chi connectivity index (χ4v) is 7.60. The van der Waals surface area contributed by atoms with Crippen LogP contribution in [-0.4, -0.2) is 50.8 Å². The van der Waals surface area contributed by atoms with Gasteiger partial charge < -0.3 is 15.3 Å². The second-order valence-corrected chi connectivity index (χ2v) is 13.3. The minimum absolute atomic E-state index is 0.0931. The van der Waals surface area contributed by atoms with Crippen molar-refractivity contribution in [2.24, 2.45) is 28.2 Å². The van der Waals surface area contributed by atoms with Crippen molar-refractivity contribution in [2.45, 2.75) is 65.1 Å². The van der Waals surface area contributed by atoms with E-state index >= 15 is 0 Å². The number of guanidine groups is 1. The zero-order valence-electron chi connectivity index (χ0n) is 23.3. The molecule has 1 aliphatic heterocycles. The van der Waals surface area contributed by atoms with Crippen molar-refractivity contribution in [3.8, 4) is 0 Å². The molecule has 0 amide bonds. The lowest BCUT2D eigenvalue weighted by molar-refractivity contribution is -0.112. The van der Waals surface area contributed by atoms with Crippen LogP contribution in [0.2, 0.25) is 10.0 Å². The topological polar surface area (TPSA) is 82.8 Å². The van der Waals surface area contributed by atoms with Crippen LogP contribution < -0.4 is 10.9 Å². The van der Waals surface area contributed by atoms with Gasteiger partial charge >= 0.3 is 0 Å². The van der Waals surface area contributed by atoms with E-state index in [4.69, 9.17) is 28.2 Å². The van der Waals surface area contributed by atoms with Gasteiger partial charge in [-0.25, -0.2) is 9.98 Å². The van der Waals surface area contributed by atoms with E-state index in [0.29, 0.717) is 57.8 Å². The fraction of sp³-hybridized carbons (Fsp3) is 0.516. The molecule has 1 saturated heterocycles. The van der Waals surface area contributed by atoms with Crippen LogP contribution in [0.3, 0.4) is 0 Å². The molecule has 0 radical (unpaired) electrons. The molecule has 2 bridgehead atoms. The number of aliphatic imine (C=N–C) groups is 1. The van der Waals surface area contributed by atoms with E-state index in [1.54, 1.807) is 23.0 Å². The Morgan fingerprint density at radius 3 is 2.73 bits per heavy atom. The third-order valence-electron chi connectivity index (χ3n) is 9.81. The highest BCUT2D eigenvalue weighted by molar-refractivity contribution is 6.35. The maximum Gasteiger partial charge on any atom is 0.261 e. The standard InChI is InChI=1S/C31H37Cl2N5O2/c1-18-25-12-20(31(25,2)3)13-27(18)36-30(37-11-9-23(39)16-37)35-22-6-7-24-28(15-22)34-17-38(29(24)40)10-8-19-4-5-21(32)14-26(19)33/h4-7,14-15,17-18,20,23,25,27,39H,8-13,16H2,1-3H3,(H,35,36)/t18-,20-,23+,25-,27?/m1/s1. The Hall–Kier alpha value is -2.61. The highest BCUT2D eigenvalue weighted by Gasteiger charge is 2.56. The summed E-state index contributed by atoms with van der Waals surface area (Å²) in [5.41, 5.74) is 2.61. The third-order valence-corrected chi connectivity index (χ3v) is 10.4. The van der Waals surface area contributed by atoms with E-state index in [1.807, 2.05) is 24.3 Å². The molecule has 3 saturated carbocycles. The lowest BCUT2D eigenvalue weighted by atomic mass is 9.45. The van der Waals surface area contributed by atoms with Gasteiger partial charge in [-0.3, -0.25) is 9.36 Å². The molecule has 2 heterocycles. The molecule has 5 atom stereocenters. The maximum absolute atomic E-state index is 13.2. The van der Waals surface area contributed by atoms with Gasteiger partial charge in [0.25, 0.3) is 5.56 Å². The van der Waals surface area contributed by atoms with Crippen LogP contribution in [0.4, 0.5) is 5.69 Å². The smallest absolute Gasteiger partial charge is 0.261 e. The fourth-order valence-electron chi connectivity index (χ4n) is 7.10. The van der Waals surface area contributed by atoms with Gasteiger partial charge in [0.1, 0.15) is 0 Å².